The fraction of sp³-hybridized carbons (Fsp3) is 0.243. The van der Waals surface area contributed by atoms with Crippen LogP contribution in [0.5, 0.6) is 0 Å². The summed E-state index contributed by atoms with van der Waals surface area (Å²) in [5.41, 5.74) is 4.58. The molecule has 6 aromatic rings. The molecule has 0 bridgehead atoms. The van der Waals surface area contributed by atoms with Crippen molar-refractivity contribution in [3.05, 3.63) is 114 Å². The van der Waals surface area contributed by atoms with Crippen molar-refractivity contribution in [2.75, 3.05) is 0 Å². The molecule has 2 nitrogen and oxygen atoms in total. The van der Waals surface area contributed by atoms with Crippen molar-refractivity contribution in [2.24, 2.45) is 0 Å². The van der Waals surface area contributed by atoms with Gasteiger partial charge in [0.1, 0.15) is 0 Å². The quantitative estimate of drug-likeness (QED) is 0.131. The van der Waals surface area contributed by atoms with Crippen LogP contribution in [0.2, 0.25) is 17.3 Å². The van der Waals surface area contributed by atoms with E-state index in [0.717, 1.165) is 30.4 Å². The van der Waals surface area contributed by atoms with E-state index in [0.29, 0.717) is 22.2 Å². The molecule has 0 aliphatic carbocycles. The summed E-state index contributed by atoms with van der Waals surface area (Å²) >= 11 is -0.781. The zero-order valence-corrected chi connectivity index (χ0v) is 30.3. The largest absolute Gasteiger partial charge is 0 e. The van der Waals surface area contributed by atoms with E-state index in [1.807, 2.05) is 36.5 Å². The first-order valence-corrected chi connectivity index (χ1v) is 21.9. The van der Waals surface area contributed by atoms with Gasteiger partial charge >= 0.3 is 121 Å². The number of aromatic nitrogens is 2. The molecule has 6 heteroatoms. The van der Waals surface area contributed by atoms with Crippen LogP contribution >= 0.6 is 11.3 Å². The summed E-state index contributed by atoms with van der Waals surface area (Å²) in [6, 6.07) is 25.6. The molecule has 0 saturated heterocycles. The van der Waals surface area contributed by atoms with Gasteiger partial charge in [-0.05, 0) is 44.3 Å². The van der Waals surface area contributed by atoms with Gasteiger partial charge in [-0.3, -0.25) is 4.39 Å². The van der Waals surface area contributed by atoms with E-state index in [4.69, 9.17) is 8.22 Å². The standard InChI is InChI=1S/C21H17FNS.C16H20GeN.Ir/c1-21(2,3)13-10-11-23-17(12-13)14-8-9-16(22)19-15-6-4-5-7-18(15)24-20(14)19;1-12-6-8-14(9-7-12)16-10-13(2)15(11-18-16)17(3,4)5;/h4-7,9-12H,1-3H3;6-8,10-11H,1-5H3;/q2*-1;/i;1D3,2D3;. The Kier molecular flexibility index (Phi) is 7.81. The second-order valence-electron chi connectivity index (χ2n) is 12.3. The molecule has 3 aromatic heterocycles. The van der Waals surface area contributed by atoms with Crippen molar-refractivity contribution in [3.8, 4) is 22.5 Å². The first kappa shape index (κ1) is 25.6. The van der Waals surface area contributed by atoms with E-state index in [-0.39, 0.29) is 36.9 Å². The molecular weight excluding hydrogens is 788 g/mol. The van der Waals surface area contributed by atoms with Gasteiger partial charge < -0.3 is 4.98 Å². The second-order valence-corrected chi connectivity index (χ2v) is 24.0. The summed E-state index contributed by atoms with van der Waals surface area (Å²) < 4.78 is 63.0. The predicted octanol–water partition coefficient (Wildman–Crippen LogP) is 10.1. The topological polar surface area (TPSA) is 25.8 Å². The Morgan fingerprint density at radius 2 is 1.70 bits per heavy atom. The van der Waals surface area contributed by atoms with Crippen LogP contribution in [-0.4, -0.2) is 23.2 Å². The van der Waals surface area contributed by atoms with Crippen molar-refractivity contribution in [3.63, 3.8) is 0 Å². The van der Waals surface area contributed by atoms with Crippen molar-refractivity contribution in [1.82, 2.24) is 9.97 Å². The maximum atomic E-state index is 14.5. The van der Waals surface area contributed by atoms with Gasteiger partial charge in [0, 0.05) is 36.8 Å². The predicted molar refractivity (Wildman–Crippen MR) is 181 cm³/mol. The van der Waals surface area contributed by atoms with Crippen molar-refractivity contribution in [1.29, 1.82) is 0 Å². The SMILES string of the molecule is CC(C)(C)c1ccnc(-c2[c-]cc(F)c3c2sc2ccccc23)c1.[2H]C([2H])([2H])c1c[c-]c(-c2cc(C([2H])([2H])[2H])[c]([Ge]([CH3])([CH3])[CH3])cn2)cc1.[Ir]. The van der Waals surface area contributed by atoms with E-state index in [2.05, 4.69) is 66.2 Å². The molecule has 223 valence electrons. The van der Waals surface area contributed by atoms with Crippen LogP contribution < -0.4 is 4.40 Å². The zero-order valence-electron chi connectivity index (χ0n) is 31.0. The van der Waals surface area contributed by atoms with Crippen LogP contribution in [0.15, 0.2) is 79.1 Å². The van der Waals surface area contributed by atoms with E-state index < -0.39 is 27.0 Å². The van der Waals surface area contributed by atoms with E-state index in [1.54, 1.807) is 29.7 Å². The third kappa shape index (κ3) is 7.34. The van der Waals surface area contributed by atoms with Crippen LogP contribution in [0.3, 0.4) is 0 Å². The molecule has 0 amide bonds. The molecule has 0 atom stereocenters. The number of fused-ring (bicyclic) bond motifs is 3. The third-order valence-electron chi connectivity index (χ3n) is 7.09. The molecule has 3 aromatic carbocycles. The zero-order chi connectivity index (χ0) is 35.2. The second kappa shape index (κ2) is 13.1. The van der Waals surface area contributed by atoms with Gasteiger partial charge in [-0.15, -0.1) is 17.7 Å². The number of halogens is 1. The number of hydrogen-bond acceptors (Lipinski definition) is 3. The van der Waals surface area contributed by atoms with E-state index in [1.165, 1.54) is 23.8 Å². The summed E-state index contributed by atoms with van der Waals surface area (Å²) in [4.78, 5) is 8.93. The van der Waals surface area contributed by atoms with Gasteiger partial charge in [0.15, 0.2) is 0 Å². The molecule has 0 unspecified atom stereocenters. The molecule has 1 radical (unpaired) electrons. The molecule has 0 aliphatic heterocycles. The molecule has 0 fully saturated rings. The van der Waals surface area contributed by atoms with Gasteiger partial charge in [0.25, 0.3) is 0 Å². The Hall–Kier alpha value is -2.70. The summed E-state index contributed by atoms with van der Waals surface area (Å²) in [5, 5.41) is 1.63. The minimum Gasteiger partial charge on any atom is 0 e. The average molecular weight is 832 g/mol. The van der Waals surface area contributed by atoms with Crippen LogP contribution in [-0.2, 0) is 25.5 Å². The summed E-state index contributed by atoms with van der Waals surface area (Å²) in [5.74, 6) is 6.16. The Balaban J connectivity index is 0.000000216. The van der Waals surface area contributed by atoms with Crippen LogP contribution in [0.1, 0.15) is 45.7 Å². The number of aryl methyl sites for hydroxylation is 2. The Morgan fingerprint density at radius 1 is 0.907 bits per heavy atom. The minimum absolute atomic E-state index is 0. The van der Waals surface area contributed by atoms with E-state index in [9.17, 15) is 4.39 Å². The monoisotopic (exact) mass is 833 g/mol. The van der Waals surface area contributed by atoms with Gasteiger partial charge in [0.2, 0.25) is 0 Å². The van der Waals surface area contributed by atoms with Gasteiger partial charge in [0.05, 0.1) is 0 Å². The van der Waals surface area contributed by atoms with Gasteiger partial charge in [-0.25, -0.2) is 0 Å². The van der Waals surface area contributed by atoms with Crippen LogP contribution in [0, 0.1) is 31.7 Å². The maximum absolute atomic E-state index is 14.5. The van der Waals surface area contributed by atoms with Crippen molar-refractivity contribution < 1.29 is 32.7 Å². The molecule has 6 rings (SSSR count). The number of hydrogen-bond donors (Lipinski definition) is 0. The number of pyridine rings is 2. The molecule has 0 spiro atoms. The molecule has 0 saturated carbocycles. The number of thiophene rings is 1. The summed E-state index contributed by atoms with van der Waals surface area (Å²) in [7, 11) is 0. The van der Waals surface area contributed by atoms with Crippen LogP contribution in [0.25, 0.3) is 42.7 Å². The van der Waals surface area contributed by atoms with Crippen molar-refractivity contribution in [2.45, 2.75) is 57.2 Å². The van der Waals surface area contributed by atoms with Gasteiger partial charge in [-0.2, -0.15) is 11.3 Å². The van der Waals surface area contributed by atoms with E-state index >= 15 is 0 Å². The Labute approximate surface area is 284 Å². The number of rotatable bonds is 3. The number of nitrogens with zero attached hydrogens (tertiary/aromatic N) is 2. The van der Waals surface area contributed by atoms with Crippen molar-refractivity contribution >= 4 is 49.2 Å². The minimum atomic E-state index is -2.38. The Bertz CT molecular complexity index is 2100. The summed E-state index contributed by atoms with van der Waals surface area (Å²) in [6.07, 6.45) is 3.49. The third-order valence-corrected chi connectivity index (χ3v) is 12.5. The normalized spacial score (nSPS) is 14.3. The maximum Gasteiger partial charge on any atom is 0 e. The average Bonchev–Trinajstić information content (AvgIpc) is 3.40. The summed E-state index contributed by atoms with van der Waals surface area (Å²) in [6.45, 7) is 2.14. The molecule has 3 heterocycles. The fourth-order valence-corrected chi connectivity index (χ4v) is 8.76. The molecule has 43 heavy (non-hydrogen) atoms. The smallest absolute Gasteiger partial charge is 0 e. The molecule has 0 N–H and O–H groups in total. The van der Waals surface area contributed by atoms with Crippen LogP contribution in [0.4, 0.5) is 4.39 Å². The first-order chi connectivity index (χ1) is 22.2. The fourth-order valence-electron chi connectivity index (χ4n) is 4.74. The molecule has 0 aliphatic rings. The number of benzene rings is 3. The van der Waals surface area contributed by atoms with Gasteiger partial charge in [-0.1, -0.05) is 45.0 Å². The molecular formula is C37H37FGeIrN2S-2. The Morgan fingerprint density at radius 3 is 2.37 bits per heavy atom. The first-order valence-electron chi connectivity index (χ1n) is 16.8.